The van der Waals surface area contributed by atoms with Crippen molar-refractivity contribution in [3.63, 3.8) is 0 Å². The Labute approximate surface area is 236 Å². The van der Waals surface area contributed by atoms with E-state index in [1.807, 2.05) is 24.3 Å². The van der Waals surface area contributed by atoms with Crippen molar-refractivity contribution in [3.8, 4) is 17.4 Å². The summed E-state index contributed by atoms with van der Waals surface area (Å²) < 4.78 is 25.9. The van der Waals surface area contributed by atoms with Crippen LogP contribution in [0, 0.1) is 12.8 Å². The van der Waals surface area contributed by atoms with E-state index < -0.39 is 28.9 Å². The molecule has 0 spiro atoms. The molecule has 1 fully saturated rings. The summed E-state index contributed by atoms with van der Waals surface area (Å²) in [5, 5.41) is 10.00. The molecule has 5 rings (SSSR count). The number of rotatable bonds is 9. The highest BCUT2D eigenvalue weighted by Gasteiger charge is 2.37. The number of aliphatic carboxylic acids is 1. The van der Waals surface area contributed by atoms with Crippen LogP contribution in [0.3, 0.4) is 0 Å². The van der Waals surface area contributed by atoms with Crippen molar-refractivity contribution in [1.29, 1.82) is 0 Å². The number of ether oxygens (including phenoxy) is 2. The van der Waals surface area contributed by atoms with E-state index in [1.54, 1.807) is 14.0 Å². The van der Waals surface area contributed by atoms with Crippen molar-refractivity contribution >= 4 is 11.7 Å². The van der Waals surface area contributed by atoms with Gasteiger partial charge in [-0.15, -0.1) is 0 Å². The van der Waals surface area contributed by atoms with Gasteiger partial charge in [-0.1, -0.05) is 25.1 Å². The molecule has 0 radical (unpaired) electrons. The molecule has 41 heavy (non-hydrogen) atoms. The van der Waals surface area contributed by atoms with Crippen LogP contribution in [-0.4, -0.2) is 38.2 Å². The normalized spacial score (nSPS) is 18.5. The zero-order chi connectivity index (χ0) is 29.5. The number of benzene rings is 1. The number of carbonyl (C=O) groups is 1. The summed E-state index contributed by atoms with van der Waals surface area (Å²) in [5.41, 5.74) is -2.31. The number of methoxy groups -OCH3 is 1. The van der Waals surface area contributed by atoms with Crippen LogP contribution in [0.25, 0.3) is 17.4 Å². The number of para-hydroxylation sites is 1. The molecule has 0 amide bonds. The van der Waals surface area contributed by atoms with Gasteiger partial charge >= 0.3 is 11.7 Å². The third-order valence-electron chi connectivity index (χ3n) is 8.07. The fourth-order valence-electron chi connectivity index (χ4n) is 5.55. The van der Waals surface area contributed by atoms with Crippen LogP contribution in [0.15, 0.2) is 55.1 Å². The summed E-state index contributed by atoms with van der Waals surface area (Å²) in [6, 6.07) is 7.42. The fourth-order valence-corrected chi connectivity index (χ4v) is 5.55. The minimum absolute atomic E-state index is 0.00269. The molecule has 11 heteroatoms. The molecule has 1 aromatic carbocycles. The van der Waals surface area contributed by atoms with Crippen LogP contribution in [0.4, 0.5) is 0 Å². The summed E-state index contributed by atoms with van der Waals surface area (Å²) >= 11 is 0. The first-order valence-electron chi connectivity index (χ1n) is 13.8. The van der Waals surface area contributed by atoms with E-state index in [0.717, 1.165) is 35.8 Å². The summed E-state index contributed by atoms with van der Waals surface area (Å²) in [5.74, 6) is 0.167. The number of hydrogen-bond acceptors (Lipinski definition) is 8. The van der Waals surface area contributed by atoms with Crippen LogP contribution < -0.4 is 16.0 Å². The lowest BCUT2D eigenvalue weighted by Crippen LogP contribution is -2.52. The zero-order valence-electron chi connectivity index (χ0n) is 23.9. The number of carboxylic acids is 1. The molecule has 1 aliphatic carbocycles. The van der Waals surface area contributed by atoms with Gasteiger partial charge < -0.3 is 23.4 Å². The Bertz CT molecular complexity index is 1670. The summed E-state index contributed by atoms with van der Waals surface area (Å²) in [7, 11) is 1.57. The topological polar surface area (TPSA) is 138 Å². The van der Waals surface area contributed by atoms with Crippen molar-refractivity contribution in [2.45, 2.75) is 77.5 Å². The maximum absolute atomic E-state index is 14.1. The molecule has 0 saturated heterocycles. The third-order valence-corrected chi connectivity index (χ3v) is 8.07. The lowest BCUT2D eigenvalue weighted by atomic mass is 9.88. The van der Waals surface area contributed by atoms with Crippen LogP contribution >= 0.6 is 0 Å². The van der Waals surface area contributed by atoms with Gasteiger partial charge in [-0.25, -0.2) is 23.5 Å². The number of hydrogen-bond donors (Lipinski definition) is 1. The summed E-state index contributed by atoms with van der Waals surface area (Å²) in [4.78, 5) is 44.3. The lowest BCUT2D eigenvalue weighted by Gasteiger charge is -2.31. The predicted molar refractivity (Wildman–Crippen MR) is 149 cm³/mol. The van der Waals surface area contributed by atoms with Crippen molar-refractivity contribution < 1.29 is 28.2 Å². The largest absolute Gasteiger partial charge is 0.496 e. The van der Waals surface area contributed by atoms with Gasteiger partial charge in [0.2, 0.25) is 11.5 Å². The van der Waals surface area contributed by atoms with Gasteiger partial charge in [0.05, 0.1) is 36.8 Å². The highest BCUT2D eigenvalue weighted by atomic mass is 16.5. The maximum atomic E-state index is 14.1. The number of nitrogens with zero attached hydrogens (tertiary/aromatic N) is 3. The highest BCUT2D eigenvalue weighted by Crippen LogP contribution is 2.36. The Morgan fingerprint density at radius 2 is 1.90 bits per heavy atom. The molecule has 3 aromatic heterocycles. The molecule has 4 aromatic rings. The van der Waals surface area contributed by atoms with Gasteiger partial charge in [-0.3, -0.25) is 4.79 Å². The molecule has 218 valence electrons. The zero-order valence-corrected chi connectivity index (χ0v) is 23.9. The molecular weight excluding hydrogens is 530 g/mol. The number of fused-ring (bicyclic) bond motifs is 1. The molecule has 11 nitrogen and oxygen atoms in total. The Hall–Kier alpha value is -4.12. The first-order valence-corrected chi connectivity index (χ1v) is 13.8. The number of carboxylic acid groups (broad SMARTS) is 1. The van der Waals surface area contributed by atoms with E-state index in [-0.39, 0.29) is 35.5 Å². The second-order valence-electron chi connectivity index (χ2n) is 11.2. The van der Waals surface area contributed by atoms with E-state index >= 15 is 0 Å². The van der Waals surface area contributed by atoms with E-state index in [0.29, 0.717) is 17.4 Å². The van der Waals surface area contributed by atoms with Crippen LogP contribution in [0.1, 0.15) is 69.4 Å². The predicted octanol–water partition coefficient (Wildman–Crippen LogP) is 4.73. The molecule has 0 bridgehead atoms. The second-order valence-corrected chi connectivity index (χ2v) is 11.2. The minimum atomic E-state index is -1.85. The van der Waals surface area contributed by atoms with Crippen molar-refractivity contribution in [2.24, 2.45) is 5.92 Å². The molecule has 0 aliphatic heterocycles. The first kappa shape index (κ1) is 28.4. The molecular formula is C30H35N3O8. The summed E-state index contributed by atoms with van der Waals surface area (Å²) in [6.45, 7) is 6.48. The number of aryl methyl sites for hydroxylation is 1. The van der Waals surface area contributed by atoms with Crippen molar-refractivity contribution in [3.05, 3.63) is 74.4 Å². The number of aromatic nitrogens is 3. The van der Waals surface area contributed by atoms with Gasteiger partial charge in [-0.05, 0) is 58.4 Å². The third kappa shape index (κ3) is 5.10. The molecule has 1 saturated carbocycles. The van der Waals surface area contributed by atoms with E-state index in [9.17, 15) is 19.5 Å². The van der Waals surface area contributed by atoms with Gasteiger partial charge in [0.15, 0.2) is 0 Å². The van der Waals surface area contributed by atoms with Crippen LogP contribution in [-0.2, 0) is 21.5 Å². The van der Waals surface area contributed by atoms with Crippen molar-refractivity contribution in [1.82, 2.24) is 14.0 Å². The van der Waals surface area contributed by atoms with Gasteiger partial charge in [0.25, 0.3) is 11.4 Å². The standard InChI is InChI=1S/C30H35N3O8/c1-17-10-12-19(13-11-17)40-23(20-8-6-7-9-22(20)38-5)16-21-26(34)33(30(3,4)28(35)36)29(37)32-18(2)24(41-27(21)32)25-31-14-15-39-25/h6-9,14-15,17,19,23H,10-13,16H2,1-5H3,(H,35,36)/t17?,19?,23-/m0/s1. The lowest BCUT2D eigenvalue weighted by molar-refractivity contribution is -0.146. The molecule has 1 aliphatic rings. The van der Waals surface area contributed by atoms with E-state index in [4.69, 9.17) is 18.3 Å². The Morgan fingerprint density at radius 1 is 1.20 bits per heavy atom. The van der Waals surface area contributed by atoms with Crippen LogP contribution in [0.5, 0.6) is 5.75 Å². The van der Waals surface area contributed by atoms with Crippen molar-refractivity contribution in [2.75, 3.05) is 7.11 Å². The summed E-state index contributed by atoms with van der Waals surface area (Å²) in [6.07, 6.45) is 5.95. The second kappa shape index (κ2) is 11.0. The number of oxazole rings is 2. The molecule has 1 atom stereocenters. The monoisotopic (exact) mass is 565 g/mol. The minimum Gasteiger partial charge on any atom is -0.496 e. The van der Waals surface area contributed by atoms with Gasteiger partial charge in [0, 0.05) is 12.0 Å². The Balaban J connectivity index is 1.74. The van der Waals surface area contributed by atoms with E-state index in [1.165, 1.54) is 30.7 Å². The Morgan fingerprint density at radius 3 is 2.54 bits per heavy atom. The molecule has 3 heterocycles. The van der Waals surface area contributed by atoms with Crippen LogP contribution in [0.2, 0.25) is 0 Å². The maximum Gasteiger partial charge on any atom is 0.339 e. The first-order chi connectivity index (χ1) is 19.5. The van der Waals surface area contributed by atoms with Gasteiger partial charge in [-0.2, -0.15) is 0 Å². The highest BCUT2D eigenvalue weighted by molar-refractivity contribution is 5.75. The fraction of sp³-hybridized carbons (Fsp3) is 0.467. The average Bonchev–Trinajstić information content (AvgIpc) is 3.59. The van der Waals surface area contributed by atoms with E-state index in [2.05, 4.69) is 11.9 Å². The smallest absolute Gasteiger partial charge is 0.339 e. The molecule has 0 unspecified atom stereocenters. The quantitative estimate of drug-likeness (QED) is 0.305. The Kier molecular flexibility index (Phi) is 7.65. The molecule has 1 N–H and O–H groups in total. The SMILES string of the molecule is COc1ccccc1[C@H](Cc1c(=O)n(C(C)(C)C(=O)O)c(=O)n2c(C)c(-c3ncco3)oc12)OC1CCC(C)CC1. The average molecular weight is 566 g/mol. The van der Waals surface area contributed by atoms with Gasteiger partial charge in [0.1, 0.15) is 17.6 Å².